The van der Waals surface area contributed by atoms with E-state index in [1.807, 2.05) is 12.1 Å². The van der Waals surface area contributed by atoms with E-state index in [9.17, 15) is 9.59 Å². The summed E-state index contributed by atoms with van der Waals surface area (Å²) < 4.78 is 10.5. The van der Waals surface area contributed by atoms with Crippen LogP contribution in [0.4, 0.5) is 5.69 Å². The third-order valence-corrected chi connectivity index (χ3v) is 5.45. The average Bonchev–Trinajstić information content (AvgIpc) is 3.36. The van der Waals surface area contributed by atoms with Gasteiger partial charge in [-0.25, -0.2) is 9.79 Å². The maximum Gasteiger partial charge on any atom is 0.337 e. The lowest BCUT2D eigenvalue weighted by Crippen LogP contribution is -2.19. The van der Waals surface area contributed by atoms with Crippen LogP contribution in [-0.2, 0) is 9.53 Å². The standard InChI is InChI=1S/C22H15ClN2O4S/c1-28-21(27)14-8-6-13(7-9-14)18-11-10-15(29-18)12-19-20(26)25-22(30-19)24-17-5-3-2-4-16(17)23/h2-12H,1H3,(H,24,25,26). The highest BCUT2D eigenvalue weighted by atomic mass is 35.5. The third kappa shape index (κ3) is 4.32. The lowest BCUT2D eigenvalue weighted by Gasteiger charge is -2.00. The molecule has 0 saturated carbocycles. The molecule has 1 amide bonds. The zero-order chi connectivity index (χ0) is 21.1. The van der Waals surface area contributed by atoms with Crippen LogP contribution in [0.3, 0.4) is 0 Å². The van der Waals surface area contributed by atoms with E-state index >= 15 is 0 Å². The van der Waals surface area contributed by atoms with Crippen LogP contribution in [0.25, 0.3) is 17.4 Å². The fraction of sp³-hybridized carbons (Fsp3) is 0.0455. The summed E-state index contributed by atoms with van der Waals surface area (Å²) >= 11 is 7.33. The van der Waals surface area contributed by atoms with Crippen molar-refractivity contribution in [2.45, 2.75) is 0 Å². The van der Waals surface area contributed by atoms with Crippen LogP contribution >= 0.6 is 23.4 Å². The van der Waals surface area contributed by atoms with Crippen molar-refractivity contribution in [1.82, 2.24) is 5.32 Å². The second-order valence-corrected chi connectivity index (χ2v) is 7.64. The average molecular weight is 439 g/mol. The Hall–Kier alpha value is -3.29. The molecule has 4 rings (SSSR count). The Labute approximate surface area is 181 Å². The zero-order valence-corrected chi connectivity index (χ0v) is 17.3. The highest BCUT2D eigenvalue weighted by molar-refractivity contribution is 8.18. The number of amidine groups is 1. The number of hydrogen-bond acceptors (Lipinski definition) is 6. The van der Waals surface area contributed by atoms with E-state index in [4.69, 9.17) is 20.8 Å². The predicted molar refractivity (Wildman–Crippen MR) is 118 cm³/mol. The van der Waals surface area contributed by atoms with Gasteiger partial charge in [0.1, 0.15) is 11.5 Å². The Morgan fingerprint density at radius 1 is 1.13 bits per heavy atom. The lowest BCUT2D eigenvalue weighted by atomic mass is 10.1. The summed E-state index contributed by atoms with van der Waals surface area (Å²) in [6.45, 7) is 0. The number of halogens is 1. The smallest absolute Gasteiger partial charge is 0.337 e. The first kappa shape index (κ1) is 20.0. The molecule has 2 heterocycles. The number of nitrogens with one attached hydrogen (secondary N) is 1. The van der Waals surface area contributed by atoms with Crippen LogP contribution in [-0.4, -0.2) is 24.2 Å². The predicted octanol–water partition coefficient (Wildman–Crippen LogP) is 5.28. The normalized spacial score (nSPS) is 16.1. The number of esters is 1. The van der Waals surface area contributed by atoms with Gasteiger partial charge in [-0.3, -0.25) is 4.79 Å². The molecule has 0 unspecified atom stereocenters. The number of benzene rings is 2. The number of thioether (sulfide) groups is 1. The summed E-state index contributed by atoms with van der Waals surface area (Å²) in [5.74, 6) is 0.487. The second-order valence-electron chi connectivity index (χ2n) is 6.20. The molecule has 1 N–H and O–H groups in total. The first-order chi connectivity index (χ1) is 14.5. The second kappa shape index (κ2) is 8.61. The minimum Gasteiger partial charge on any atom is -0.465 e. The lowest BCUT2D eigenvalue weighted by molar-refractivity contribution is -0.115. The van der Waals surface area contributed by atoms with Crippen LogP contribution in [0.5, 0.6) is 0 Å². The van der Waals surface area contributed by atoms with Crippen molar-refractivity contribution in [1.29, 1.82) is 0 Å². The number of nitrogens with zero attached hydrogens (tertiary/aromatic N) is 1. The van der Waals surface area contributed by atoms with Gasteiger partial charge in [-0.15, -0.1) is 0 Å². The number of para-hydroxylation sites is 1. The monoisotopic (exact) mass is 438 g/mol. The van der Waals surface area contributed by atoms with Crippen molar-refractivity contribution in [2.24, 2.45) is 4.99 Å². The molecule has 1 fully saturated rings. The quantitative estimate of drug-likeness (QED) is 0.443. The van der Waals surface area contributed by atoms with E-state index in [2.05, 4.69) is 10.3 Å². The Morgan fingerprint density at radius 2 is 1.90 bits per heavy atom. The molecular formula is C22H15ClN2O4S. The minimum atomic E-state index is -0.398. The van der Waals surface area contributed by atoms with Gasteiger partial charge in [0.15, 0.2) is 5.17 Å². The Kier molecular flexibility index (Phi) is 5.74. The number of ether oxygens (including phenoxy) is 1. The van der Waals surface area contributed by atoms with E-state index in [-0.39, 0.29) is 5.91 Å². The molecular weight excluding hydrogens is 424 g/mol. The molecule has 30 heavy (non-hydrogen) atoms. The Morgan fingerprint density at radius 3 is 2.63 bits per heavy atom. The van der Waals surface area contributed by atoms with Crippen molar-refractivity contribution >= 4 is 52.2 Å². The Bertz CT molecular complexity index is 1180. The highest BCUT2D eigenvalue weighted by Gasteiger charge is 2.24. The van der Waals surface area contributed by atoms with E-state index in [1.165, 1.54) is 18.9 Å². The number of furan rings is 1. The molecule has 1 aliphatic heterocycles. The van der Waals surface area contributed by atoms with Gasteiger partial charge in [0.05, 0.1) is 28.3 Å². The molecule has 1 aromatic heterocycles. The van der Waals surface area contributed by atoms with Gasteiger partial charge in [-0.05, 0) is 48.2 Å². The van der Waals surface area contributed by atoms with Gasteiger partial charge in [-0.2, -0.15) is 0 Å². The van der Waals surface area contributed by atoms with Crippen molar-refractivity contribution in [3.8, 4) is 11.3 Å². The Balaban J connectivity index is 1.52. The molecule has 3 aromatic rings. The highest BCUT2D eigenvalue weighted by Crippen LogP contribution is 2.32. The molecule has 8 heteroatoms. The summed E-state index contributed by atoms with van der Waals surface area (Å²) in [5, 5.41) is 3.68. The molecule has 150 valence electrons. The SMILES string of the molecule is COC(=O)c1ccc(-c2ccc(C=C3SC(=Nc4ccccc4Cl)NC3=O)o2)cc1. The summed E-state index contributed by atoms with van der Waals surface area (Å²) in [6, 6.07) is 17.6. The summed E-state index contributed by atoms with van der Waals surface area (Å²) in [5.41, 5.74) is 1.84. The maximum absolute atomic E-state index is 12.3. The molecule has 2 aromatic carbocycles. The largest absolute Gasteiger partial charge is 0.465 e. The third-order valence-electron chi connectivity index (χ3n) is 4.22. The molecule has 0 radical (unpaired) electrons. The number of aliphatic imine (C=N–C) groups is 1. The fourth-order valence-electron chi connectivity index (χ4n) is 2.74. The number of carbonyl (C=O) groups excluding carboxylic acids is 2. The van der Waals surface area contributed by atoms with Crippen molar-refractivity contribution in [3.05, 3.63) is 81.9 Å². The van der Waals surface area contributed by atoms with Gasteiger partial charge in [0.25, 0.3) is 5.91 Å². The van der Waals surface area contributed by atoms with Gasteiger partial charge in [0, 0.05) is 11.6 Å². The van der Waals surface area contributed by atoms with Gasteiger partial charge >= 0.3 is 5.97 Å². The minimum absolute atomic E-state index is 0.258. The van der Waals surface area contributed by atoms with E-state index in [0.717, 1.165) is 5.56 Å². The number of methoxy groups -OCH3 is 1. The first-order valence-electron chi connectivity index (χ1n) is 8.86. The van der Waals surface area contributed by atoms with E-state index in [1.54, 1.807) is 54.6 Å². The number of amides is 1. The van der Waals surface area contributed by atoms with E-state index < -0.39 is 5.97 Å². The summed E-state index contributed by atoms with van der Waals surface area (Å²) in [4.78, 5) is 28.7. The maximum atomic E-state index is 12.3. The topological polar surface area (TPSA) is 80.9 Å². The molecule has 6 nitrogen and oxygen atoms in total. The first-order valence-corrected chi connectivity index (χ1v) is 10.1. The molecule has 1 saturated heterocycles. The summed E-state index contributed by atoms with van der Waals surface area (Å²) in [7, 11) is 1.34. The summed E-state index contributed by atoms with van der Waals surface area (Å²) in [6.07, 6.45) is 1.65. The molecule has 1 aliphatic rings. The van der Waals surface area contributed by atoms with Crippen LogP contribution in [0.2, 0.25) is 5.02 Å². The molecule has 0 bridgehead atoms. The van der Waals surface area contributed by atoms with Crippen LogP contribution < -0.4 is 5.32 Å². The molecule has 0 atom stereocenters. The molecule has 0 spiro atoms. The van der Waals surface area contributed by atoms with Gasteiger partial charge in [-0.1, -0.05) is 35.9 Å². The fourth-order valence-corrected chi connectivity index (χ4v) is 3.73. The van der Waals surface area contributed by atoms with Crippen molar-refractivity contribution < 1.29 is 18.7 Å². The molecule has 0 aliphatic carbocycles. The van der Waals surface area contributed by atoms with Crippen LogP contribution in [0.1, 0.15) is 16.1 Å². The van der Waals surface area contributed by atoms with Gasteiger partial charge < -0.3 is 14.5 Å². The van der Waals surface area contributed by atoms with Crippen LogP contribution in [0, 0.1) is 0 Å². The number of carbonyl (C=O) groups is 2. The van der Waals surface area contributed by atoms with Crippen LogP contribution in [0.15, 0.2) is 75.0 Å². The van der Waals surface area contributed by atoms with Crippen molar-refractivity contribution in [3.63, 3.8) is 0 Å². The van der Waals surface area contributed by atoms with Gasteiger partial charge in [0.2, 0.25) is 0 Å². The zero-order valence-electron chi connectivity index (χ0n) is 15.7. The van der Waals surface area contributed by atoms with Crippen molar-refractivity contribution in [2.75, 3.05) is 7.11 Å². The number of hydrogen-bond donors (Lipinski definition) is 1. The van der Waals surface area contributed by atoms with E-state index in [0.29, 0.717) is 37.9 Å². The number of rotatable bonds is 4.